The Kier molecular flexibility index (Phi) is 6.32. The minimum Gasteiger partial charge on any atom is -0.358 e. The molecule has 0 amide bonds. The lowest BCUT2D eigenvalue weighted by molar-refractivity contribution is -0.550. The first-order valence-electron chi connectivity index (χ1n) is 12.1. The summed E-state index contributed by atoms with van der Waals surface area (Å²) in [7, 11) is 0. The third-order valence-electron chi connectivity index (χ3n) is 6.94. The summed E-state index contributed by atoms with van der Waals surface area (Å²) in [5, 5.41) is 6.93. The minimum atomic E-state index is -0.365. The molecule has 3 aliphatic heterocycles. The monoisotopic (exact) mass is 462 g/mol. The smallest absolute Gasteiger partial charge is 0.268 e. The van der Waals surface area contributed by atoms with Gasteiger partial charge in [0.05, 0.1) is 24.3 Å². The lowest BCUT2D eigenvalue weighted by Gasteiger charge is -2.30. The van der Waals surface area contributed by atoms with Crippen LogP contribution in [0.25, 0.3) is 0 Å². The summed E-state index contributed by atoms with van der Waals surface area (Å²) < 4.78 is 15.9. The van der Waals surface area contributed by atoms with Gasteiger partial charge in [-0.15, -0.1) is 0 Å². The summed E-state index contributed by atoms with van der Waals surface area (Å²) in [4.78, 5) is 12.0. The SMILES string of the molecule is CC1(c2cccc(N3CCNCC3)n2)CN=C(/C=C\C(N)=[N+]2CCCC2c2cccc(F)c2)N1. The van der Waals surface area contributed by atoms with Crippen LogP contribution in [0.4, 0.5) is 10.2 Å². The van der Waals surface area contributed by atoms with Crippen molar-refractivity contribution in [3.63, 3.8) is 0 Å². The highest BCUT2D eigenvalue weighted by atomic mass is 19.1. The lowest BCUT2D eigenvalue weighted by atomic mass is 9.98. The molecule has 4 heterocycles. The highest BCUT2D eigenvalue weighted by Crippen LogP contribution is 2.29. The molecule has 0 aliphatic carbocycles. The van der Waals surface area contributed by atoms with E-state index >= 15 is 0 Å². The van der Waals surface area contributed by atoms with E-state index in [9.17, 15) is 4.39 Å². The van der Waals surface area contributed by atoms with E-state index in [-0.39, 0.29) is 17.4 Å². The van der Waals surface area contributed by atoms with Crippen molar-refractivity contribution < 1.29 is 8.97 Å². The van der Waals surface area contributed by atoms with E-state index in [1.54, 1.807) is 12.1 Å². The van der Waals surface area contributed by atoms with Crippen LogP contribution in [0.3, 0.4) is 0 Å². The maximum Gasteiger partial charge on any atom is 0.268 e. The van der Waals surface area contributed by atoms with Gasteiger partial charge in [0.25, 0.3) is 5.84 Å². The molecule has 5 rings (SSSR count). The number of nitrogens with one attached hydrogen (secondary N) is 2. The predicted molar refractivity (Wildman–Crippen MR) is 134 cm³/mol. The fourth-order valence-corrected chi connectivity index (χ4v) is 5.04. The number of rotatable bonds is 5. The molecule has 2 unspecified atom stereocenters. The molecule has 0 bridgehead atoms. The number of halogens is 1. The van der Waals surface area contributed by atoms with Crippen LogP contribution in [-0.2, 0) is 5.54 Å². The van der Waals surface area contributed by atoms with Gasteiger partial charge in [-0.1, -0.05) is 18.2 Å². The van der Waals surface area contributed by atoms with E-state index in [2.05, 4.69) is 45.2 Å². The van der Waals surface area contributed by atoms with Crippen LogP contribution in [0.15, 0.2) is 59.6 Å². The molecule has 0 saturated carbocycles. The van der Waals surface area contributed by atoms with Crippen LogP contribution in [0.2, 0.25) is 0 Å². The first kappa shape index (κ1) is 22.5. The zero-order chi connectivity index (χ0) is 23.5. The van der Waals surface area contributed by atoms with Crippen molar-refractivity contribution >= 4 is 17.5 Å². The molecule has 2 fully saturated rings. The number of piperazine rings is 1. The summed E-state index contributed by atoms with van der Waals surface area (Å²) in [6, 6.07) is 13.1. The number of benzene rings is 1. The second-order valence-corrected chi connectivity index (χ2v) is 9.44. The topological polar surface area (TPSA) is 81.6 Å². The Hall–Kier alpha value is -3.26. The van der Waals surface area contributed by atoms with E-state index < -0.39 is 0 Å². The zero-order valence-electron chi connectivity index (χ0n) is 19.7. The van der Waals surface area contributed by atoms with Gasteiger partial charge in [0.2, 0.25) is 0 Å². The van der Waals surface area contributed by atoms with Crippen molar-refractivity contribution in [3.8, 4) is 0 Å². The van der Waals surface area contributed by atoms with E-state index in [1.165, 1.54) is 6.07 Å². The minimum absolute atomic E-state index is 0.0982. The van der Waals surface area contributed by atoms with Gasteiger partial charge in [0, 0.05) is 32.3 Å². The number of hydrogen-bond acceptors (Lipinski definition) is 5. The fourth-order valence-electron chi connectivity index (χ4n) is 5.04. The number of anilines is 1. The quantitative estimate of drug-likeness (QED) is 0.469. The Morgan fingerprint density at radius 2 is 2.06 bits per heavy atom. The normalized spacial score (nSPS) is 26.6. The van der Waals surface area contributed by atoms with Gasteiger partial charge in [-0.3, -0.25) is 15.3 Å². The number of amidine groups is 2. The Morgan fingerprint density at radius 1 is 1.24 bits per heavy atom. The number of hydrogen-bond donors (Lipinski definition) is 3. The average molecular weight is 463 g/mol. The van der Waals surface area contributed by atoms with Gasteiger partial charge >= 0.3 is 0 Å². The van der Waals surface area contributed by atoms with Crippen molar-refractivity contribution in [3.05, 3.63) is 71.7 Å². The molecule has 1 aromatic heterocycles. The molecule has 0 radical (unpaired) electrons. The Morgan fingerprint density at radius 3 is 2.88 bits per heavy atom. The highest BCUT2D eigenvalue weighted by Gasteiger charge is 2.34. The van der Waals surface area contributed by atoms with Crippen LogP contribution in [0, 0.1) is 5.82 Å². The molecule has 2 atom stereocenters. The van der Waals surface area contributed by atoms with Crippen LogP contribution >= 0.6 is 0 Å². The molecular weight excluding hydrogens is 429 g/mol. The molecule has 2 aromatic rings. The van der Waals surface area contributed by atoms with Crippen molar-refractivity contribution in [1.29, 1.82) is 0 Å². The van der Waals surface area contributed by atoms with Crippen molar-refractivity contribution in [2.75, 3.05) is 44.2 Å². The second-order valence-electron chi connectivity index (χ2n) is 9.44. The molecule has 7 nitrogen and oxygen atoms in total. The third kappa shape index (κ3) is 4.68. The second kappa shape index (κ2) is 9.54. The summed E-state index contributed by atoms with van der Waals surface area (Å²) in [6.45, 7) is 7.50. The number of aromatic nitrogens is 1. The largest absolute Gasteiger partial charge is 0.358 e. The number of nitrogens with zero attached hydrogens (tertiary/aromatic N) is 4. The summed E-state index contributed by atoms with van der Waals surface area (Å²) in [5.41, 5.74) is 8.05. The first-order chi connectivity index (χ1) is 16.5. The zero-order valence-corrected chi connectivity index (χ0v) is 19.7. The van der Waals surface area contributed by atoms with Gasteiger partial charge in [0.1, 0.15) is 23.5 Å². The molecule has 8 heteroatoms. The third-order valence-corrected chi connectivity index (χ3v) is 6.94. The van der Waals surface area contributed by atoms with Crippen LogP contribution in [-0.4, -0.2) is 60.5 Å². The summed E-state index contributed by atoms with van der Waals surface area (Å²) in [6.07, 6.45) is 5.83. The van der Waals surface area contributed by atoms with Crippen molar-refractivity contribution in [2.45, 2.75) is 31.3 Å². The molecule has 3 aliphatic rings. The average Bonchev–Trinajstić information content (AvgIpc) is 3.51. The van der Waals surface area contributed by atoms with Crippen LogP contribution in [0.1, 0.15) is 37.1 Å². The molecule has 0 spiro atoms. The first-order valence-corrected chi connectivity index (χ1v) is 12.1. The van der Waals surface area contributed by atoms with Crippen molar-refractivity contribution in [1.82, 2.24) is 15.6 Å². The van der Waals surface area contributed by atoms with Crippen molar-refractivity contribution in [2.24, 2.45) is 10.7 Å². The van der Waals surface area contributed by atoms with Gasteiger partial charge in [0.15, 0.2) is 0 Å². The Labute approximate surface area is 200 Å². The molecule has 1 aromatic carbocycles. The molecule has 178 valence electrons. The maximum atomic E-state index is 13.7. The van der Waals surface area contributed by atoms with Gasteiger partial charge < -0.3 is 15.5 Å². The van der Waals surface area contributed by atoms with E-state index in [4.69, 9.17) is 15.7 Å². The lowest BCUT2D eigenvalue weighted by Crippen LogP contribution is -2.44. The maximum absolute atomic E-state index is 13.7. The molecule has 2 saturated heterocycles. The number of nitrogens with two attached hydrogens (primary N) is 1. The Balaban J connectivity index is 1.29. The van der Waals surface area contributed by atoms with E-state index in [0.29, 0.717) is 12.4 Å². The van der Waals surface area contributed by atoms with Gasteiger partial charge in [-0.2, -0.15) is 0 Å². The standard InChI is InChI=1S/C26H32FN7/c1-26(22-8-3-9-25(31-22)33-15-12-29-13-16-33)18-30-24(32-26)11-10-23(28)34-14-4-7-21(34)19-5-2-6-20(27)17-19/h2-3,5-6,8-11,17,21,28-29H,4,7,12-16,18H2,1H3,(H,30,32)/p+1/b11-10-. The fraction of sp³-hybridized carbons (Fsp3) is 0.423. The number of aliphatic imine (C=N–C) groups is 1. The Bertz CT molecular complexity index is 1140. The highest BCUT2D eigenvalue weighted by molar-refractivity contribution is 6.00. The predicted octanol–water partition coefficient (Wildman–Crippen LogP) is 2.31. The number of pyridine rings is 1. The molecule has 34 heavy (non-hydrogen) atoms. The van der Waals surface area contributed by atoms with Crippen LogP contribution < -0.4 is 21.3 Å². The molecule has 4 N–H and O–H groups in total. The van der Waals surface area contributed by atoms with Crippen LogP contribution in [0.5, 0.6) is 0 Å². The van der Waals surface area contributed by atoms with Gasteiger partial charge in [-0.25, -0.2) is 9.37 Å². The van der Waals surface area contributed by atoms with E-state index in [1.807, 2.05) is 18.2 Å². The van der Waals surface area contributed by atoms with Gasteiger partial charge in [-0.05, 0) is 55.7 Å². The summed E-state index contributed by atoms with van der Waals surface area (Å²) in [5.74, 6) is 2.27. The summed E-state index contributed by atoms with van der Waals surface area (Å²) >= 11 is 0. The van der Waals surface area contributed by atoms with E-state index in [0.717, 1.165) is 68.5 Å². The molecular formula is C26H33FN7+.